The van der Waals surface area contributed by atoms with Gasteiger partial charge >= 0.3 is 5.97 Å². The van der Waals surface area contributed by atoms with Crippen LogP contribution in [0, 0.1) is 0 Å². The van der Waals surface area contributed by atoms with Crippen LogP contribution < -0.4 is 0 Å². The number of hydrogen-bond acceptors (Lipinski definition) is 9. The summed E-state index contributed by atoms with van der Waals surface area (Å²) in [6, 6.07) is 0. The largest absolute Gasteiger partial charge is 0.462 e. The lowest BCUT2D eigenvalue weighted by Gasteiger charge is -2.24. The first-order valence-electron chi connectivity index (χ1n) is 11.3. The van der Waals surface area contributed by atoms with Gasteiger partial charge in [0.15, 0.2) is 6.29 Å². The molecular weight excluding hydrogens is 408 g/mol. The van der Waals surface area contributed by atoms with Crippen LogP contribution in [0.25, 0.3) is 0 Å². The standard InChI is InChI=1S/C22H40O9/c1-4-6-17(9-15(25)8-14(3)24)29-21(28)11-16(26)10-18(7-5-2)30-22-12-19(27)20(13-23)31-22/h15-20,22-23,25-27H,4-13H2,1-3H3/t15?,16?,17?,18?,19?,20-,22?/m0/s1. The molecule has 1 fully saturated rings. The molecule has 9 heteroatoms. The Morgan fingerprint density at radius 3 is 2.16 bits per heavy atom. The maximum Gasteiger partial charge on any atom is 0.308 e. The number of esters is 1. The summed E-state index contributed by atoms with van der Waals surface area (Å²) in [5, 5.41) is 39.3. The predicted octanol–water partition coefficient (Wildman–Crippen LogP) is 1.22. The van der Waals surface area contributed by atoms with Crippen molar-refractivity contribution in [2.75, 3.05) is 6.61 Å². The zero-order valence-corrected chi connectivity index (χ0v) is 18.9. The van der Waals surface area contributed by atoms with E-state index in [0.29, 0.717) is 12.8 Å². The number of carbonyl (C=O) groups is 2. The summed E-state index contributed by atoms with van der Waals surface area (Å²) >= 11 is 0. The van der Waals surface area contributed by atoms with E-state index in [1.807, 2.05) is 13.8 Å². The highest BCUT2D eigenvalue weighted by molar-refractivity contribution is 5.75. The van der Waals surface area contributed by atoms with Gasteiger partial charge in [-0.1, -0.05) is 26.7 Å². The molecule has 1 aliphatic rings. The zero-order valence-electron chi connectivity index (χ0n) is 18.9. The summed E-state index contributed by atoms with van der Waals surface area (Å²) in [6.45, 7) is 5.01. The molecule has 0 aliphatic carbocycles. The molecule has 1 heterocycles. The molecule has 0 radical (unpaired) electrons. The van der Waals surface area contributed by atoms with Crippen molar-refractivity contribution in [2.45, 2.75) is 121 Å². The fraction of sp³-hybridized carbons (Fsp3) is 0.909. The second-order valence-electron chi connectivity index (χ2n) is 8.43. The van der Waals surface area contributed by atoms with Crippen LogP contribution in [0.3, 0.4) is 0 Å². The van der Waals surface area contributed by atoms with Crippen LogP contribution in [0.4, 0.5) is 0 Å². The molecule has 0 aromatic rings. The van der Waals surface area contributed by atoms with Gasteiger partial charge in [-0.25, -0.2) is 0 Å². The molecule has 1 saturated heterocycles. The normalized spacial score (nSPS) is 25.1. The van der Waals surface area contributed by atoms with E-state index in [9.17, 15) is 30.0 Å². The topological polar surface area (TPSA) is 143 Å². The molecule has 182 valence electrons. The van der Waals surface area contributed by atoms with Gasteiger partial charge in [0.1, 0.15) is 18.0 Å². The summed E-state index contributed by atoms with van der Waals surface area (Å²) in [4.78, 5) is 23.4. The number of ketones is 1. The lowest BCUT2D eigenvalue weighted by atomic mass is 10.0. The zero-order chi connectivity index (χ0) is 23.4. The first-order valence-corrected chi connectivity index (χ1v) is 11.3. The molecule has 0 aromatic heterocycles. The van der Waals surface area contributed by atoms with Gasteiger partial charge in [-0.2, -0.15) is 0 Å². The number of rotatable bonds is 16. The minimum Gasteiger partial charge on any atom is -0.462 e. The Balaban J connectivity index is 2.51. The summed E-state index contributed by atoms with van der Waals surface area (Å²) < 4.78 is 16.7. The fourth-order valence-corrected chi connectivity index (χ4v) is 3.80. The van der Waals surface area contributed by atoms with Crippen LogP contribution in [0.1, 0.15) is 78.6 Å². The fourth-order valence-electron chi connectivity index (χ4n) is 3.80. The van der Waals surface area contributed by atoms with Crippen molar-refractivity contribution in [3.63, 3.8) is 0 Å². The quantitative estimate of drug-likeness (QED) is 0.256. The summed E-state index contributed by atoms with van der Waals surface area (Å²) in [5.41, 5.74) is 0. The Morgan fingerprint density at radius 2 is 1.61 bits per heavy atom. The molecule has 0 saturated carbocycles. The van der Waals surface area contributed by atoms with Crippen LogP contribution in [0.15, 0.2) is 0 Å². The van der Waals surface area contributed by atoms with Crippen LogP contribution in [-0.2, 0) is 23.8 Å². The Morgan fingerprint density at radius 1 is 1.03 bits per heavy atom. The van der Waals surface area contributed by atoms with Crippen molar-refractivity contribution in [3.05, 3.63) is 0 Å². The van der Waals surface area contributed by atoms with Gasteiger partial charge < -0.3 is 34.6 Å². The van der Waals surface area contributed by atoms with Gasteiger partial charge in [0.2, 0.25) is 0 Å². The molecule has 9 nitrogen and oxygen atoms in total. The van der Waals surface area contributed by atoms with Crippen molar-refractivity contribution >= 4 is 11.8 Å². The van der Waals surface area contributed by atoms with Gasteiger partial charge in [-0.3, -0.25) is 9.59 Å². The van der Waals surface area contributed by atoms with Gasteiger partial charge in [-0.15, -0.1) is 0 Å². The molecule has 0 spiro atoms. The predicted molar refractivity (Wildman–Crippen MR) is 112 cm³/mol. The van der Waals surface area contributed by atoms with E-state index in [2.05, 4.69) is 0 Å². The number of carbonyl (C=O) groups excluding carboxylic acids is 2. The van der Waals surface area contributed by atoms with E-state index in [-0.39, 0.29) is 50.6 Å². The van der Waals surface area contributed by atoms with Gasteiger partial charge in [0.05, 0.1) is 37.4 Å². The molecule has 6 unspecified atom stereocenters. The van der Waals surface area contributed by atoms with Crippen molar-refractivity contribution in [1.29, 1.82) is 0 Å². The van der Waals surface area contributed by atoms with Crippen molar-refractivity contribution in [1.82, 2.24) is 0 Å². The van der Waals surface area contributed by atoms with E-state index >= 15 is 0 Å². The van der Waals surface area contributed by atoms with Crippen LogP contribution in [-0.4, -0.2) is 81.7 Å². The summed E-state index contributed by atoms with van der Waals surface area (Å²) in [5.74, 6) is -0.695. The van der Waals surface area contributed by atoms with Gasteiger partial charge in [-0.05, 0) is 19.8 Å². The Hall–Kier alpha value is -1.10. The maximum absolute atomic E-state index is 12.3. The van der Waals surface area contributed by atoms with E-state index < -0.39 is 42.8 Å². The molecule has 0 aromatic carbocycles. The SMILES string of the molecule is CCCC(CC(O)CC(C)=O)OC(=O)CC(O)CC(CCC)OC1CC(O)[C@H](CO)O1. The van der Waals surface area contributed by atoms with Crippen LogP contribution in [0.5, 0.6) is 0 Å². The molecule has 7 atom stereocenters. The highest BCUT2D eigenvalue weighted by Gasteiger charge is 2.35. The Kier molecular flexibility index (Phi) is 13.4. The lowest BCUT2D eigenvalue weighted by molar-refractivity contribution is -0.176. The minimum atomic E-state index is -0.978. The highest BCUT2D eigenvalue weighted by atomic mass is 16.7. The highest BCUT2D eigenvalue weighted by Crippen LogP contribution is 2.25. The number of aliphatic hydroxyl groups excluding tert-OH is 4. The van der Waals surface area contributed by atoms with E-state index in [0.717, 1.165) is 12.8 Å². The van der Waals surface area contributed by atoms with E-state index in [1.54, 1.807) is 0 Å². The number of Topliss-reactive ketones (excluding diaryl/α,β-unsaturated/α-hetero) is 1. The van der Waals surface area contributed by atoms with E-state index in [1.165, 1.54) is 6.92 Å². The molecule has 31 heavy (non-hydrogen) atoms. The Bertz CT molecular complexity index is 527. The average molecular weight is 449 g/mol. The molecule has 4 N–H and O–H groups in total. The molecule has 1 rings (SSSR count). The maximum atomic E-state index is 12.3. The van der Waals surface area contributed by atoms with Crippen LogP contribution in [0.2, 0.25) is 0 Å². The number of hydrogen-bond donors (Lipinski definition) is 4. The summed E-state index contributed by atoms with van der Waals surface area (Å²) in [7, 11) is 0. The molecule has 0 amide bonds. The van der Waals surface area contributed by atoms with Crippen molar-refractivity contribution in [3.8, 4) is 0 Å². The third kappa shape index (κ3) is 11.4. The second-order valence-corrected chi connectivity index (χ2v) is 8.43. The molecule has 0 bridgehead atoms. The second kappa shape index (κ2) is 14.9. The minimum absolute atomic E-state index is 0.0193. The lowest BCUT2D eigenvalue weighted by Crippen LogP contribution is -2.30. The third-order valence-corrected chi connectivity index (χ3v) is 5.23. The monoisotopic (exact) mass is 448 g/mol. The first-order chi connectivity index (χ1) is 14.7. The first kappa shape index (κ1) is 27.9. The average Bonchev–Trinajstić information content (AvgIpc) is 3.00. The van der Waals surface area contributed by atoms with E-state index in [4.69, 9.17) is 14.2 Å². The third-order valence-electron chi connectivity index (χ3n) is 5.23. The Labute approximate surface area is 184 Å². The molecular formula is C22H40O9. The number of ether oxygens (including phenoxy) is 3. The summed E-state index contributed by atoms with van der Waals surface area (Å²) in [6.07, 6.45) is -1.67. The van der Waals surface area contributed by atoms with Crippen molar-refractivity contribution < 1.29 is 44.2 Å². The van der Waals surface area contributed by atoms with Crippen molar-refractivity contribution in [2.24, 2.45) is 0 Å². The van der Waals surface area contributed by atoms with Crippen LogP contribution >= 0.6 is 0 Å². The van der Waals surface area contributed by atoms with Gasteiger partial charge in [0.25, 0.3) is 0 Å². The molecule has 1 aliphatic heterocycles. The number of aliphatic hydroxyl groups is 4. The van der Waals surface area contributed by atoms with Gasteiger partial charge in [0, 0.05) is 25.7 Å². The smallest absolute Gasteiger partial charge is 0.308 e.